The van der Waals surface area contributed by atoms with Crippen molar-refractivity contribution < 1.29 is 4.79 Å². The molecule has 5 heteroatoms. The zero-order chi connectivity index (χ0) is 15.0. The zero-order valence-corrected chi connectivity index (χ0v) is 12.9. The molecule has 1 saturated carbocycles. The standard InChI is InChI=1S/C16H22N4O/c1-11(2)12(3)20(13-8-9-13)16(21)10-19-15-7-5-4-6-14(15)17-18-19/h4-7,11-13H,8-10H2,1-3H3/t12-/m0/s1. The highest BCUT2D eigenvalue weighted by molar-refractivity contribution is 5.80. The van der Waals surface area contributed by atoms with Crippen LogP contribution in [0.2, 0.25) is 0 Å². The van der Waals surface area contributed by atoms with E-state index in [-0.39, 0.29) is 18.5 Å². The van der Waals surface area contributed by atoms with Gasteiger partial charge in [-0.05, 0) is 37.8 Å². The fourth-order valence-electron chi connectivity index (χ4n) is 2.68. The third kappa shape index (κ3) is 2.77. The molecule has 1 heterocycles. The van der Waals surface area contributed by atoms with E-state index in [1.807, 2.05) is 24.3 Å². The fraction of sp³-hybridized carbons (Fsp3) is 0.562. The van der Waals surface area contributed by atoms with Gasteiger partial charge in [-0.3, -0.25) is 4.79 Å². The molecule has 5 nitrogen and oxygen atoms in total. The molecule has 2 aromatic rings. The van der Waals surface area contributed by atoms with Crippen LogP contribution in [-0.2, 0) is 11.3 Å². The average molecular weight is 286 g/mol. The van der Waals surface area contributed by atoms with Gasteiger partial charge >= 0.3 is 0 Å². The number of benzene rings is 1. The lowest BCUT2D eigenvalue weighted by Gasteiger charge is -2.32. The molecular formula is C16H22N4O. The largest absolute Gasteiger partial charge is 0.335 e. The molecule has 0 spiro atoms. The molecule has 1 fully saturated rings. The van der Waals surface area contributed by atoms with Crippen molar-refractivity contribution in [1.82, 2.24) is 19.9 Å². The molecule has 112 valence electrons. The third-order valence-corrected chi connectivity index (χ3v) is 4.34. The summed E-state index contributed by atoms with van der Waals surface area (Å²) in [5.41, 5.74) is 1.75. The van der Waals surface area contributed by atoms with Crippen LogP contribution in [0.25, 0.3) is 11.0 Å². The van der Waals surface area contributed by atoms with Crippen molar-refractivity contribution in [3.63, 3.8) is 0 Å². The van der Waals surface area contributed by atoms with E-state index < -0.39 is 0 Å². The lowest BCUT2D eigenvalue weighted by molar-refractivity contribution is -0.135. The van der Waals surface area contributed by atoms with Gasteiger partial charge in [-0.25, -0.2) is 4.68 Å². The van der Waals surface area contributed by atoms with Crippen molar-refractivity contribution >= 4 is 16.9 Å². The van der Waals surface area contributed by atoms with Crippen molar-refractivity contribution in [3.8, 4) is 0 Å². The average Bonchev–Trinajstić information content (AvgIpc) is 3.21. The molecule has 1 aromatic heterocycles. The molecular weight excluding hydrogens is 264 g/mol. The monoisotopic (exact) mass is 286 g/mol. The molecule has 0 N–H and O–H groups in total. The molecule has 1 aliphatic rings. The molecule has 1 aromatic carbocycles. The van der Waals surface area contributed by atoms with Crippen LogP contribution in [0.15, 0.2) is 24.3 Å². The molecule has 0 aliphatic heterocycles. The summed E-state index contributed by atoms with van der Waals surface area (Å²) in [5.74, 6) is 0.608. The highest BCUT2D eigenvalue weighted by Gasteiger charge is 2.36. The molecule has 0 radical (unpaired) electrons. The minimum Gasteiger partial charge on any atom is -0.335 e. The van der Waals surface area contributed by atoms with Crippen LogP contribution in [0.3, 0.4) is 0 Å². The molecule has 0 unspecified atom stereocenters. The van der Waals surface area contributed by atoms with Gasteiger partial charge in [0.15, 0.2) is 0 Å². The molecule has 0 bridgehead atoms. The van der Waals surface area contributed by atoms with Crippen molar-refractivity contribution in [3.05, 3.63) is 24.3 Å². The lowest BCUT2D eigenvalue weighted by atomic mass is 10.0. The number of rotatable bonds is 5. The summed E-state index contributed by atoms with van der Waals surface area (Å²) < 4.78 is 1.71. The van der Waals surface area contributed by atoms with Gasteiger partial charge in [-0.1, -0.05) is 31.2 Å². The van der Waals surface area contributed by atoms with Crippen molar-refractivity contribution in [2.24, 2.45) is 5.92 Å². The molecule has 1 atom stereocenters. The van der Waals surface area contributed by atoms with E-state index in [1.54, 1.807) is 4.68 Å². The Morgan fingerprint density at radius 1 is 1.33 bits per heavy atom. The maximum absolute atomic E-state index is 12.7. The number of fused-ring (bicyclic) bond motifs is 1. The topological polar surface area (TPSA) is 51.0 Å². The summed E-state index contributed by atoms with van der Waals surface area (Å²) in [7, 11) is 0. The minimum atomic E-state index is 0.148. The Balaban J connectivity index is 1.81. The fourth-order valence-corrected chi connectivity index (χ4v) is 2.68. The van der Waals surface area contributed by atoms with Crippen LogP contribution >= 0.6 is 0 Å². The van der Waals surface area contributed by atoms with Gasteiger partial charge in [0.25, 0.3) is 0 Å². The SMILES string of the molecule is CC(C)[C@H](C)N(C(=O)Cn1nnc2ccccc21)C1CC1. The van der Waals surface area contributed by atoms with Crippen LogP contribution in [0, 0.1) is 5.92 Å². The smallest absolute Gasteiger partial charge is 0.244 e. The predicted molar refractivity (Wildman–Crippen MR) is 81.7 cm³/mol. The molecule has 21 heavy (non-hydrogen) atoms. The Labute approximate surface area is 124 Å². The zero-order valence-electron chi connectivity index (χ0n) is 12.9. The second-order valence-corrected chi connectivity index (χ2v) is 6.25. The van der Waals surface area contributed by atoms with Gasteiger partial charge < -0.3 is 4.90 Å². The molecule has 3 rings (SSSR count). The summed E-state index contributed by atoms with van der Waals surface area (Å²) in [4.78, 5) is 14.8. The van der Waals surface area contributed by atoms with Crippen molar-refractivity contribution in [2.75, 3.05) is 0 Å². The first-order valence-corrected chi connectivity index (χ1v) is 7.67. The summed E-state index contributed by atoms with van der Waals surface area (Å²) >= 11 is 0. The number of aromatic nitrogens is 3. The Kier molecular flexibility index (Phi) is 3.66. The van der Waals surface area contributed by atoms with Crippen LogP contribution in [0.1, 0.15) is 33.6 Å². The van der Waals surface area contributed by atoms with Crippen LogP contribution < -0.4 is 0 Å². The maximum atomic E-state index is 12.7. The highest BCUT2D eigenvalue weighted by Crippen LogP contribution is 2.31. The highest BCUT2D eigenvalue weighted by atomic mass is 16.2. The Morgan fingerprint density at radius 2 is 2.05 bits per heavy atom. The maximum Gasteiger partial charge on any atom is 0.244 e. The normalized spacial score (nSPS) is 16.4. The van der Waals surface area contributed by atoms with Crippen molar-refractivity contribution in [2.45, 2.75) is 52.2 Å². The lowest BCUT2D eigenvalue weighted by Crippen LogP contribution is -2.44. The van der Waals surface area contributed by atoms with Gasteiger partial charge in [-0.15, -0.1) is 5.10 Å². The van der Waals surface area contributed by atoms with Gasteiger partial charge in [-0.2, -0.15) is 0 Å². The number of carbonyl (C=O) groups excluding carboxylic acids is 1. The first-order chi connectivity index (χ1) is 10.1. The van der Waals surface area contributed by atoms with E-state index >= 15 is 0 Å². The molecule has 1 amide bonds. The Hall–Kier alpha value is -1.91. The Bertz CT molecular complexity index is 645. The summed E-state index contributed by atoms with van der Waals surface area (Å²) in [6, 6.07) is 8.43. The van der Waals surface area contributed by atoms with E-state index in [0.29, 0.717) is 12.0 Å². The second kappa shape index (κ2) is 5.47. The number of hydrogen-bond donors (Lipinski definition) is 0. The quantitative estimate of drug-likeness (QED) is 0.848. The van der Waals surface area contributed by atoms with Gasteiger partial charge in [0.2, 0.25) is 5.91 Å². The second-order valence-electron chi connectivity index (χ2n) is 6.25. The molecule has 1 aliphatic carbocycles. The van der Waals surface area contributed by atoms with Crippen LogP contribution in [-0.4, -0.2) is 37.9 Å². The number of nitrogens with zero attached hydrogens (tertiary/aromatic N) is 4. The van der Waals surface area contributed by atoms with Crippen molar-refractivity contribution in [1.29, 1.82) is 0 Å². The molecule has 0 saturated heterocycles. The Morgan fingerprint density at radius 3 is 2.71 bits per heavy atom. The van der Waals surface area contributed by atoms with Gasteiger partial charge in [0, 0.05) is 12.1 Å². The minimum absolute atomic E-state index is 0.148. The van der Waals surface area contributed by atoms with Crippen LogP contribution in [0.5, 0.6) is 0 Å². The predicted octanol–water partition coefficient (Wildman–Crippen LogP) is 2.47. The van der Waals surface area contributed by atoms with E-state index in [9.17, 15) is 4.79 Å². The number of para-hydroxylation sites is 1. The summed E-state index contributed by atoms with van der Waals surface area (Å²) in [5, 5.41) is 8.23. The number of amides is 1. The van der Waals surface area contributed by atoms with Gasteiger partial charge in [0.05, 0.1) is 5.52 Å². The summed E-state index contributed by atoms with van der Waals surface area (Å²) in [6.45, 7) is 6.74. The van der Waals surface area contributed by atoms with E-state index in [0.717, 1.165) is 23.9 Å². The van der Waals surface area contributed by atoms with E-state index in [4.69, 9.17) is 0 Å². The summed E-state index contributed by atoms with van der Waals surface area (Å²) in [6.07, 6.45) is 2.25. The first kappa shape index (κ1) is 14.0. The third-order valence-electron chi connectivity index (χ3n) is 4.34. The van der Waals surface area contributed by atoms with Crippen LogP contribution in [0.4, 0.5) is 0 Å². The van der Waals surface area contributed by atoms with E-state index in [1.165, 1.54) is 0 Å². The first-order valence-electron chi connectivity index (χ1n) is 7.67. The number of carbonyl (C=O) groups is 1. The van der Waals surface area contributed by atoms with E-state index in [2.05, 4.69) is 36.0 Å². The number of hydrogen-bond acceptors (Lipinski definition) is 3. The van der Waals surface area contributed by atoms with Gasteiger partial charge in [0.1, 0.15) is 12.1 Å².